The quantitative estimate of drug-likeness (QED) is 0.237. The fourth-order valence-corrected chi connectivity index (χ4v) is 3.76. The molecule has 0 saturated carbocycles. The Hall–Kier alpha value is -3.03. The monoisotopic (exact) mass is 471 g/mol. The van der Waals surface area contributed by atoms with Gasteiger partial charge in [0.15, 0.2) is 0 Å². The minimum Gasteiger partial charge on any atom is -0.481 e. The molecule has 2 unspecified atom stereocenters. The molecule has 1 aliphatic rings. The molecule has 0 radical (unpaired) electrons. The maximum absolute atomic E-state index is 13.3. The molecule has 0 bridgehead atoms. The van der Waals surface area contributed by atoms with E-state index in [-0.39, 0.29) is 18.3 Å². The zero-order chi connectivity index (χ0) is 23.7. The Labute approximate surface area is 197 Å². The maximum atomic E-state index is 13.3. The number of nitrogens with zero attached hydrogens (tertiary/aromatic N) is 3. The Morgan fingerprint density at radius 3 is 2.64 bits per heavy atom. The standard InChI is InChI=1S/C17H13ClFN3O.C8H14O2/c18-15-4-2-1-3-14(15)16-17(23-16,9-22-11-20-10-21-22)12-5-7-13(19)8-6-12;1-2-3-4-5-6-7-8(9)10/h1-8,10-11,16H,9H2;5-6H,2-4,7H2,1H3,(H,9,10)/b;6-5+. The van der Waals surface area contributed by atoms with Crippen LogP contribution in [-0.2, 0) is 21.7 Å². The molecule has 0 aliphatic carbocycles. The fourth-order valence-electron chi connectivity index (χ4n) is 3.52. The van der Waals surface area contributed by atoms with E-state index in [9.17, 15) is 9.18 Å². The van der Waals surface area contributed by atoms with Crippen LogP contribution in [0.3, 0.4) is 0 Å². The number of unbranched alkanes of at least 4 members (excludes halogenated alkanes) is 2. The highest BCUT2D eigenvalue weighted by molar-refractivity contribution is 6.31. The van der Waals surface area contributed by atoms with E-state index in [2.05, 4.69) is 17.0 Å². The lowest BCUT2D eigenvalue weighted by Gasteiger charge is -2.14. The van der Waals surface area contributed by atoms with Crippen molar-refractivity contribution in [2.24, 2.45) is 0 Å². The summed E-state index contributed by atoms with van der Waals surface area (Å²) in [4.78, 5) is 13.9. The Balaban J connectivity index is 0.000000262. The average Bonchev–Trinajstić information content (AvgIpc) is 3.27. The summed E-state index contributed by atoms with van der Waals surface area (Å²) in [5, 5.41) is 13.0. The van der Waals surface area contributed by atoms with Crippen molar-refractivity contribution in [3.63, 3.8) is 0 Å². The number of epoxide rings is 1. The largest absolute Gasteiger partial charge is 0.481 e. The molecule has 4 rings (SSSR count). The van der Waals surface area contributed by atoms with Crippen molar-refractivity contribution < 1.29 is 19.0 Å². The van der Waals surface area contributed by atoms with Crippen LogP contribution in [0.15, 0.2) is 73.3 Å². The molecule has 2 aromatic carbocycles. The third-order valence-electron chi connectivity index (χ3n) is 5.26. The van der Waals surface area contributed by atoms with Crippen LogP contribution in [0.2, 0.25) is 5.02 Å². The smallest absolute Gasteiger partial charge is 0.307 e. The van der Waals surface area contributed by atoms with Gasteiger partial charge >= 0.3 is 5.97 Å². The van der Waals surface area contributed by atoms with E-state index in [0.717, 1.165) is 30.4 Å². The Morgan fingerprint density at radius 1 is 1.24 bits per heavy atom. The first-order valence-electron chi connectivity index (χ1n) is 10.8. The number of carbonyl (C=O) groups is 1. The topological polar surface area (TPSA) is 80.5 Å². The first kappa shape index (κ1) is 24.6. The SMILES string of the molecule is CCCC/C=C/CC(=O)O.Fc1ccc(C2(Cn3cncn3)OC2c2ccccc2Cl)cc1. The first-order valence-corrected chi connectivity index (χ1v) is 11.2. The predicted molar refractivity (Wildman–Crippen MR) is 124 cm³/mol. The molecule has 1 saturated heterocycles. The van der Waals surface area contributed by atoms with Crippen LogP contribution >= 0.6 is 11.6 Å². The minimum absolute atomic E-state index is 0.156. The molecule has 0 spiro atoms. The Morgan fingerprint density at radius 2 is 2.00 bits per heavy atom. The number of allylic oxidation sites excluding steroid dienone is 1. The van der Waals surface area contributed by atoms with E-state index in [0.29, 0.717) is 11.6 Å². The van der Waals surface area contributed by atoms with Crippen LogP contribution in [0.25, 0.3) is 0 Å². The number of aliphatic carboxylic acids is 1. The number of rotatable bonds is 9. The van der Waals surface area contributed by atoms with Gasteiger partial charge < -0.3 is 9.84 Å². The molecule has 1 fully saturated rings. The Kier molecular flexibility index (Phi) is 8.74. The summed E-state index contributed by atoms with van der Waals surface area (Å²) in [6.07, 6.45) is 10.0. The van der Waals surface area contributed by atoms with Gasteiger partial charge in [0.25, 0.3) is 0 Å². The van der Waals surface area contributed by atoms with Crippen LogP contribution in [0.5, 0.6) is 0 Å². The highest BCUT2D eigenvalue weighted by atomic mass is 35.5. The van der Waals surface area contributed by atoms with Crippen molar-refractivity contribution in [2.75, 3.05) is 0 Å². The van der Waals surface area contributed by atoms with Crippen molar-refractivity contribution in [3.05, 3.63) is 95.3 Å². The average molecular weight is 472 g/mol. The molecule has 1 aliphatic heterocycles. The highest BCUT2D eigenvalue weighted by Crippen LogP contribution is 2.59. The number of aromatic nitrogens is 3. The number of carboxylic acids is 1. The van der Waals surface area contributed by atoms with Crippen molar-refractivity contribution in [1.29, 1.82) is 0 Å². The van der Waals surface area contributed by atoms with Crippen molar-refractivity contribution in [2.45, 2.75) is 50.9 Å². The number of hydrogen-bond donors (Lipinski definition) is 1. The number of benzene rings is 2. The van der Waals surface area contributed by atoms with Gasteiger partial charge in [0.05, 0.1) is 13.0 Å². The third kappa shape index (κ3) is 6.73. The zero-order valence-corrected chi connectivity index (χ0v) is 19.2. The first-order chi connectivity index (χ1) is 16.0. The van der Waals surface area contributed by atoms with Gasteiger partial charge in [0.1, 0.15) is 30.2 Å². The van der Waals surface area contributed by atoms with Crippen LogP contribution in [0.4, 0.5) is 4.39 Å². The second-order valence-electron chi connectivity index (χ2n) is 7.72. The van der Waals surface area contributed by atoms with Gasteiger partial charge in [-0.25, -0.2) is 14.1 Å². The molecule has 2 heterocycles. The van der Waals surface area contributed by atoms with E-state index >= 15 is 0 Å². The molecule has 6 nitrogen and oxygen atoms in total. The molecule has 3 aromatic rings. The van der Waals surface area contributed by atoms with Crippen molar-refractivity contribution in [1.82, 2.24) is 14.8 Å². The molecule has 8 heteroatoms. The lowest BCUT2D eigenvalue weighted by molar-refractivity contribution is -0.136. The second-order valence-corrected chi connectivity index (χ2v) is 8.13. The minimum atomic E-state index is -0.757. The molecule has 1 aromatic heterocycles. The molecule has 33 heavy (non-hydrogen) atoms. The van der Waals surface area contributed by atoms with Crippen LogP contribution in [-0.4, -0.2) is 25.8 Å². The fraction of sp³-hybridized carbons (Fsp3) is 0.320. The summed E-state index contributed by atoms with van der Waals surface area (Å²) in [5.74, 6) is -1.03. The van der Waals surface area contributed by atoms with Crippen molar-refractivity contribution >= 4 is 17.6 Å². The number of carboxylic acid groups (broad SMARTS) is 1. The van der Waals surface area contributed by atoms with E-state index in [1.807, 2.05) is 30.3 Å². The van der Waals surface area contributed by atoms with E-state index < -0.39 is 11.6 Å². The highest BCUT2D eigenvalue weighted by Gasteiger charge is 2.59. The molecule has 174 valence electrons. The number of hydrogen-bond acceptors (Lipinski definition) is 4. The van der Waals surface area contributed by atoms with Crippen LogP contribution < -0.4 is 0 Å². The predicted octanol–water partition coefficient (Wildman–Crippen LogP) is 5.95. The van der Waals surface area contributed by atoms with Crippen molar-refractivity contribution in [3.8, 4) is 0 Å². The Bertz CT molecular complexity index is 1060. The summed E-state index contributed by atoms with van der Waals surface area (Å²) in [6.45, 7) is 2.60. The number of ether oxygens (including phenoxy) is 1. The van der Waals surface area contributed by atoms with E-state index in [1.54, 1.807) is 29.2 Å². The zero-order valence-electron chi connectivity index (χ0n) is 18.4. The number of halogens is 2. The molecule has 2 atom stereocenters. The van der Waals surface area contributed by atoms with Gasteiger partial charge in [-0.1, -0.05) is 73.9 Å². The summed E-state index contributed by atoms with van der Waals surface area (Å²) in [5.41, 5.74) is 1.18. The van der Waals surface area contributed by atoms with Gasteiger partial charge in [-0.3, -0.25) is 4.79 Å². The summed E-state index contributed by atoms with van der Waals surface area (Å²) < 4.78 is 21.1. The summed E-state index contributed by atoms with van der Waals surface area (Å²) >= 11 is 6.31. The van der Waals surface area contributed by atoms with Gasteiger partial charge in [0.2, 0.25) is 0 Å². The van der Waals surface area contributed by atoms with Crippen LogP contribution in [0.1, 0.15) is 49.8 Å². The molecular formula is C25H27ClFN3O3. The van der Waals surface area contributed by atoms with Gasteiger partial charge in [-0.05, 0) is 30.2 Å². The van der Waals surface area contributed by atoms with Gasteiger partial charge in [0, 0.05) is 10.6 Å². The lowest BCUT2D eigenvalue weighted by Crippen LogP contribution is -2.19. The maximum Gasteiger partial charge on any atom is 0.307 e. The molecule has 1 N–H and O–H groups in total. The van der Waals surface area contributed by atoms with Crippen LogP contribution in [0, 0.1) is 5.82 Å². The van der Waals surface area contributed by atoms with E-state index in [1.165, 1.54) is 18.5 Å². The molecular weight excluding hydrogens is 445 g/mol. The van der Waals surface area contributed by atoms with E-state index in [4.69, 9.17) is 21.4 Å². The second kappa shape index (κ2) is 11.7. The summed E-state index contributed by atoms with van der Waals surface area (Å²) in [6, 6.07) is 13.9. The summed E-state index contributed by atoms with van der Waals surface area (Å²) in [7, 11) is 0. The normalized spacial score (nSPS) is 19.2. The molecule has 0 amide bonds. The lowest BCUT2D eigenvalue weighted by atomic mass is 9.91. The van der Waals surface area contributed by atoms with Gasteiger partial charge in [-0.2, -0.15) is 5.10 Å². The van der Waals surface area contributed by atoms with Gasteiger partial charge in [-0.15, -0.1) is 0 Å². The third-order valence-corrected chi connectivity index (χ3v) is 5.61.